The molecule has 35 heavy (non-hydrogen) atoms. The van der Waals surface area contributed by atoms with E-state index in [2.05, 4.69) is 12.2 Å². The van der Waals surface area contributed by atoms with Crippen LogP contribution < -0.4 is 5.32 Å². The molecule has 0 spiro atoms. The molecule has 3 aromatic carbocycles. The molecule has 3 nitrogen and oxygen atoms in total. The highest BCUT2D eigenvalue weighted by molar-refractivity contribution is 6.30. The second-order valence-corrected chi connectivity index (χ2v) is 10.4. The van der Waals surface area contributed by atoms with Gasteiger partial charge in [-0.1, -0.05) is 91.1 Å². The van der Waals surface area contributed by atoms with Crippen molar-refractivity contribution < 1.29 is 9.59 Å². The van der Waals surface area contributed by atoms with Gasteiger partial charge in [0.15, 0.2) is 5.78 Å². The minimum Gasteiger partial charge on any atom is -0.355 e. The third-order valence-electron chi connectivity index (χ3n) is 7.27. The van der Waals surface area contributed by atoms with Gasteiger partial charge in [-0.2, -0.15) is 0 Å². The number of halogens is 2. The molecule has 4 rings (SSSR count). The molecule has 0 heterocycles. The molecule has 1 saturated carbocycles. The van der Waals surface area contributed by atoms with Crippen LogP contribution in [0.2, 0.25) is 10.0 Å². The fourth-order valence-electron chi connectivity index (χ4n) is 5.15. The molecule has 1 aliphatic carbocycles. The normalized spacial score (nSPS) is 19.5. The van der Waals surface area contributed by atoms with Gasteiger partial charge in [0.1, 0.15) is 0 Å². The second kappa shape index (κ2) is 11.9. The Morgan fingerprint density at radius 1 is 0.829 bits per heavy atom. The number of benzene rings is 3. The van der Waals surface area contributed by atoms with Gasteiger partial charge in [-0.3, -0.25) is 9.59 Å². The average Bonchev–Trinajstić information content (AvgIpc) is 2.90. The first-order valence-electron chi connectivity index (χ1n) is 12.3. The predicted molar refractivity (Wildman–Crippen MR) is 143 cm³/mol. The Morgan fingerprint density at radius 2 is 1.40 bits per heavy atom. The summed E-state index contributed by atoms with van der Waals surface area (Å²) >= 11 is 12.2. The standard InChI is InChI=1S/C30H31Cl2NO2/c1-20(21-10-14-26(31)15-11-21)28(22-12-16-27(32)17-13-22)19-33-30(35)25-9-5-8-24(18-25)29(34)23-6-3-2-4-7-23/h2-4,6-7,10-17,20,24-25,28H,5,8-9,18-19H2,1H3,(H,33,35). The molecule has 0 aromatic heterocycles. The molecule has 1 N–H and O–H groups in total. The van der Waals surface area contributed by atoms with Crippen molar-refractivity contribution in [2.45, 2.75) is 44.4 Å². The molecule has 3 aromatic rings. The summed E-state index contributed by atoms with van der Waals surface area (Å²) < 4.78 is 0. The van der Waals surface area contributed by atoms with E-state index in [-0.39, 0.29) is 35.4 Å². The number of rotatable bonds is 8. The van der Waals surface area contributed by atoms with E-state index >= 15 is 0 Å². The molecule has 0 bridgehead atoms. The van der Waals surface area contributed by atoms with E-state index in [1.807, 2.05) is 78.9 Å². The minimum absolute atomic E-state index is 0.0397. The van der Waals surface area contributed by atoms with Crippen LogP contribution in [0.3, 0.4) is 0 Å². The monoisotopic (exact) mass is 507 g/mol. The maximum Gasteiger partial charge on any atom is 0.223 e. The van der Waals surface area contributed by atoms with E-state index in [1.165, 1.54) is 0 Å². The lowest BCUT2D eigenvalue weighted by molar-refractivity contribution is -0.126. The van der Waals surface area contributed by atoms with Crippen molar-refractivity contribution in [2.75, 3.05) is 6.54 Å². The third-order valence-corrected chi connectivity index (χ3v) is 7.77. The Balaban J connectivity index is 1.44. The van der Waals surface area contributed by atoms with Gasteiger partial charge in [0, 0.05) is 39.9 Å². The van der Waals surface area contributed by atoms with Crippen LogP contribution in [0.1, 0.15) is 65.9 Å². The van der Waals surface area contributed by atoms with E-state index in [1.54, 1.807) is 0 Å². The lowest BCUT2D eigenvalue weighted by Crippen LogP contribution is -2.38. The number of hydrogen-bond acceptors (Lipinski definition) is 2. The lowest BCUT2D eigenvalue weighted by atomic mass is 9.77. The molecular weight excluding hydrogens is 477 g/mol. The number of nitrogens with one attached hydrogen (secondary N) is 1. The van der Waals surface area contributed by atoms with Gasteiger partial charge in [0.2, 0.25) is 5.91 Å². The zero-order valence-corrected chi connectivity index (χ0v) is 21.4. The maximum atomic E-state index is 13.2. The molecular formula is C30H31Cl2NO2. The van der Waals surface area contributed by atoms with Crippen LogP contribution in [0.25, 0.3) is 0 Å². The summed E-state index contributed by atoms with van der Waals surface area (Å²) in [7, 11) is 0. The van der Waals surface area contributed by atoms with Crippen molar-refractivity contribution in [3.63, 3.8) is 0 Å². The van der Waals surface area contributed by atoms with Gasteiger partial charge >= 0.3 is 0 Å². The van der Waals surface area contributed by atoms with Gasteiger partial charge in [-0.05, 0) is 60.6 Å². The number of carbonyl (C=O) groups excluding carboxylic acids is 2. The summed E-state index contributed by atoms with van der Waals surface area (Å²) in [5.41, 5.74) is 3.02. The largest absolute Gasteiger partial charge is 0.355 e. The van der Waals surface area contributed by atoms with Crippen LogP contribution in [0, 0.1) is 11.8 Å². The number of ketones is 1. The fraction of sp³-hybridized carbons (Fsp3) is 0.333. The highest BCUT2D eigenvalue weighted by Gasteiger charge is 2.32. The first-order chi connectivity index (χ1) is 16.9. The van der Waals surface area contributed by atoms with Crippen molar-refractivity contribution in [3.8, 4) is 0 Å². The maximum absolute atomic E-state index is 13.2. The van der Waals surface area contributed by atoms with Crippen LogP contribution in [-0.4, -0.2) is 18.2 Å². The molecule has 5 heteroatoms. The summed E-state index contributed by atoms with van der Waals surface area (Å²) in [6.07, 6.45) is 3.17. The fourth-order valence-corrected chi connectivity index (χ4v) is 5.40. The Kier molecular flexibility index (Phi) is 8.64. The summed E-state index contributed by atoms with van der Waals surface area (Å²) in [5, 5.41) is 4.61. The summed E-state index contributed by atoms with van der Waals surface area (Å²) in [6.45, 7) is 2.68. The van der Waals surface area contributed by atoms with E-state index in [4.69, 9.17) is 23.2 Å². The smallest absolute Gasteiger partial charge is 0.223 e. The van der Waals surface area contributed by atoms with Gasteiger partial charge in [0.05, 0.1) is 0 Å². The van der Waals surface area contributed by atoms with Gasteiger partial charge in [0.25, 0.3) is 0 Å². The second-order valence-electron chi connectivity index (χ2n) is 9.53. The molecule has 4 atom stereocenters. The summed E-state index contributed by atoms with van der Waals surface area (Å²) in [5.74, 6) is 0.187. The van der Waals surface area contributed by atoms with Crippen molar-refractivity contribution >= 4 is 34.9 Å². The van der Waals surface area contributed by atoms with Gasteiger partial charge in [-0.25, -0.2) is 0 Å². The Hall–Kier alpha value is -2.62. The first kappa shape index (κ1) is 25.5. The van der Waals surface area contributed by atoms with Gasteiger partial charge < -0.3 is 5.32 Å². The summed E-state index contributed by atoms with van der Waals surface area (Å²) in [4.78, 5) is 26.2. The summed E-state index contributed by atoms with van der Waals surface area (Å²) in [6, 6.07) is 25.1. The minimum atomic E-state index is -0.141. The Labute approximate surface area is 217 Å². The van der Waals surface area contributed by atoms with Crippen molar-refractivity contribution in [3.05, 3.63) is 106 Å². The van der Waals surface area contributed by atoms with Crippen LogP contribution >= 0.6 is 23.2 Å². The topological polar surface area (TPSA) is 46.2 Å². The quantitative estimate of drug-likeness (QED) is 0.317. The van der Waals surface area contributed by atoms with Crippen LogP contribution in [0.15, 0.2) is 78.9 Å². The van der Waals surface area contributed by atoms with E-state index in [0.29, 0.717) is 23.0 Å². The van der Waals surface area contributed by atoms with E-state index in [9.17, 15) is 9.59 Å². The molecule has 0 saturated heterocycles. The number of amides is 1. The lowest BCUT2D eigenvalue weighted by Gasteiger charge is -2.30. The SMILES string of the molecule is CC(c1ccc(Cl)cc1)C(CNC(=O)C1CCCC(C(=O)c2ccccc2)C1)c1ccc(Cl)cc1. The third kappa shape index (κ3) is 6.54. The van der Waals surface area contributed by atoms with Crippen LogP contribution in [-0.2, 0) is 4.79 Å². The van der Waals surface area contributed by atoms with Crippen molar-refractivity contribution in [1.29, 1.82) is 0 Å². The zero-order valence-electron chi connectivity index (χ0n) is 19.9. The molecule has 1 fully saturated rings. The van der Waals surface area contributed by atoms with Crippen molar-refractivity contribution in [1.82, 2.24) is 5.32 Å². The highest BCUT2D eigenvalue weighted by Crippen LogP contribution is 2.35. The number of carbonyl (C=O) groups is 2. The van der Waals surface area contributed by atoms with Gasteiger partial charge in [-0.15, -0.1) is 0 Å². The molecule has 1 amide bonds. The van der Waals surface area contributed by atoms with E-state index < -0.39 is 0 Å². The van der Waals surface area contributed by atoms with Crippen LogP contribution in [0.4, 0.5) is 0 Å². The zero-order chi connectivity index (χ0) is 24.8. The Morgan fingerprint density at radius 3 is 2.03 bits per heavy atom. The first-order valence-corrected chi connectivity index (χ1v) is 13.1. The average molecular weight is 508 g/mol. The number of hydrogen-bond donors (Lipinski definition) is 1. The molecule has 182 valence electrons. The molecule has 0 aliphatic heterocycles. The van der Waals surface area contributed by atoms with E-state index in [0.717, 1.165) is 36.0 Å². The Bertz CT molecular complexity index is 1130. The highest BCUT2D eigenvalue weighted by atomic mass is 35.5. The molecule has 1 aliphatic rings. The number of Topliss-reactive ketones (excluding diaryl/α,β-unsaturated/α-hetero) is 1. The predicted octanol–water partition coefficient (Wildman–Crippen LogP) is 7.69. The molecule has 0 radical (unpaired) electrons. The van der Waals surface area contributed by atoms with Crippen LogP contribution in [0.5, 0.6) is 0 Å². The molecule has 4 unspecified atom stereocenters. The van der Waals surface area contributed by atoms with Crippen molar-refractivity contribution in [2.24, 2.45) is 11.8 Å².